The van der Waals surface area contributed by atoms with Crippen molar-refractivity contribution in [3.05, 3.63) is 64.7 Å². The molecule has 1 nitrogen and oxygen atoms in total. The molecule has 0 saturated carbocycles. The molecular formula is C16H17ClO. The Morgan fingerprint density at radius 2 is 1.61 bits per heavy atom. The second kappa shape index (κ2) is 5.92. The van der Waals surface area contributed by atoms with Crippen molar-refractivity contribution in [3.63, 3.8) is 0 Å². The lowest BCUT2D eigenvalue weighted by atomic mass is 10.0. The highest BCUT2D eigenvalue weighted by Gasteiger charge is 2.05. The summed E-state index contributed by atoms with van der Waals surface area (Å²) in [4.78, 5) is 0. The summed E-state index contributed by atoms with van der Waals surface area (Å²) in [6.07, 6.45) is 0. The van der Waals surface area contributed by atoms with Crippen LogP contribution in [0.25, 0.3) is 0 Å². The summed E-state index contributed by atoms with van der Waals surface area (Å²) in [5.74, 6) is 1.46. The highest BCUT2D eigenvalue weighted by Crippen LogP contribution is 2.23. The zero-order valence-electron chi connectivity index (χ0n) is 10.7. The molecule has 0 spiro atoms. The first kappa shape index (κ1) is 13.0. The van der Waals surface area contributed by atoms with Gasteiger partial charge in [-0.2, -0.15) is 0 Å². The van der Waals surface area contributed by atoms with Crippen LogP contribution >= 0.6 is 11.6 Å². The maximum absolute atomic E-state index is 5.92. The van der Waals surface area contributed by atoms with Gasteiger partial charge in [0.1, 0.15) is 12.4 Å². The number of halogens is 1. The standard InChI is InChI=1S/C16H17ClO/c1-12-8-15(9-13(2)16(12)10-17)18-11-14-6-4-3-5-7-14/h3-9H,10-11H2,1-2H3. The van der Waals surface area contributed by atoms with E-state index in [9.17, 15) is 0 Å². The average molecular weight is 261 g/mol. The van der Waals surface area contributed by atoms with E-state index >= 15 is 0 Å². The van der Waals surface area contributed by atoms with E-state index < -0.39 is 0 Å². The molecule has 18 heavy (non-hydrogen) atoms. The smallest absolute Gasteiger partial charge is 0.120 e. The summed E-state index contributed by atoms with van der Waals surface area (Å²) < 4.78 is 5.81. The highest BCUT2D eigenvalue weighted by atomic mass is 35.5. The second-order valence-corrected chi connectivity index (χ2v) is 4.71. The molecule has 0 fully saturated rings. The summed E-state index contributed by atoms with van der Waals surface area (Å²) in [7, 11) is 0. The van der Waals surface area contributed by atoms with Gasteiger partial charge in [0.15, 0.2) is 0 Å². The van der Waals surface area contributed by atoms with Gasteiger partial charge in [-0.1, -0.05) is 30.3 Å². The van der Waals surface area contributed by atoms with Crippen molar-refractivity contribution >= 4 is 11.6 Å². The molecule has 2 aromatic rings. The Morgan fingerprint density at radius 1 is 1.00 bits per heavy atom. The summed E-state index contributed by atoms with van der Waals surface area (Å²) >= 11 is 5.92. The van der Waals surface area contributed by atoms with Crippen molar-refractivity contribution in [2.75, 3.05) is 0 Å². The lowest BCUT2D eigenvalue weighted by Crippen LogP contribution is -1.98. The van der Waals surface area contributed by atoms with Gasteiger partial charge in [0.05, 0.1) is 0 Å². The number of aryl methyl sites for hydroxylation is 2. The fourth-order valence-electron chi connectivity index (χ4n) is 1.99. The molecular weight excluding hydrogens is 244 g/mol. The normalized spacial score (nSPS) is 10.4. The van der Waals surface area contributed by atoms with Crippen LogP contribution in [-0.4, -0.2) is 0 Å². The average Bonchev–Trinajstić information content (AvgIpc) is 2.37. The van der Waals surface area contributed by atoms with Crippen LogP contribution in [0.1, 0.15) is 22.3 Å². The van der Waals surface area contributed by atoms with Crippen molar-refractivity contribution < 1.29 is 4.74 Å². The summed E-state index contributed by atoms with van der Waals surface area (Å²) in [6.45, 7) is 4.74. The van der Waals surface area contributed by atoms with Crippen LogP contribution in [0.5, 0.6) is 5.75 Å². The van der Waals surface area contributed by atoms with E-state index in [-0.39, 0.29) is 0 Å². The quantitative estimate of drug-likeness (QED) is 0.729. The molecule has 0 heterocycles. The van der Waals surface area contributed by atoms with Crippen LogP contribution in [0.15, 0.2) is 42.5 Å². The van der Waals surface area contributed by atoms with Crippen LogP contribution in [0, 0.1) is 13.8 Å². The van der Waals surface area contributed by atoms with Gasteiger partial charge in [0.2, 0.25) is 0 Å². The van der Waals surface area contributed by atoms with E-state index in [0.29, 0.717) is 12.5 Å². The summed E-state index contributed by atoms with van der Waals surface area (Å²) in [5.41, 5.74) is 4.75. The van der Waals surface area contributed by atoms with Crippen molar-refractivity contribution in [2.45, 2.75) is 26.3 Å². The number of alkyl halides is 1. The third-order valence-corrected chi connectivity index (χ3v) is 3.32. The highest BCUT2D eigenvalue weighted by molar-refractivity contribution is 6.17. The molecule has 0 aromatic heterocycles. The minimum Gasteiger partial charge on any atom is -0.489 e. The lowest BCUT2D eigenvalue weighted by molar-refractivity contribution is 0.306. The van der Waals surface area contributed by atoms with Gasteiger partial charge in [-0.15, -0.1) is 11.6 Å². The van der Waals surface area contributed by atoms with E-state index in [0.717, 1.165) is 5.75 Å². The molecule has 0 aliphatic heterocycles. The number of rotatable bonds is 4. The minimum absolute atomic E-state index is 0.552. The Labute approximate surface area is 113 Å². The molecule has 0 atom stereocenters. The predicted octanol–water partition coefficient (Wildman–Crippen LogP) is 4.62. The number of benzene rings is 2. The van der Waals surface area contributed by atoms with E-state index in [1.165, 1.54) is 22.3 Å². The van der Waals surface area contributed by atoms with Crippen molar-refractivity contribution in [2.24, 2.45) is 0 Å². The number of ether oxygens (including phenoxy) is 1. The summed E-state index contributed by atoms with van der Waals surface area (Å²) in [5, 5.41) is 0. The third-order valence-electron chi connectivity index (χ3n) is 3.05. The van der Waals surface area contributed by atoms with Crippen LogP contribution in [0.3, 0.4) is 0 Å². The van der Waals surface area contributed by atoms with Crippen LogP contribution < -0.4 is 4.74 Å². The molecule has 0 saturated heterocycles. The molecule has 0 N–H and O–H groups in total. The maximum Gasteiger partial charge on any atom is 0.120 e. The van der Waals surface area contributed by atoms with E-state index in [2.05, 4.69) is 26.0 Å². The first-order chi connectivity index (χ1) is 8.70. The molecule has 0 aliphatic rings. The van der Waals surface area contributed by atoms with Crippen molar-refractivity contribution in [3.8, 4) is 5.75 Å². The zero-order valence-corrected chi connectivity index (χ0v) is 11.5. The zero-order chi connectivity index (χ0) is 13.0. The first-order valence-corrected chi connectivity index (χ1v) is 6.57. The molecule has 2 aromatic carbocycles. The van der Waals surface area contributed by atoms with Crippen molar-refractivity contribution in [1.82, 2.24) is 0 Å². The molecule has 0 amide bonds. The first-order valence-electron chi connectivity index (χ1n) is 6.03. The van der Waals surface area contributed by atoms with Crippen LogP contribution in [0.4, 0.5) is 0 Å². The summed E-state index contributed by atoms with van der Waals surface area (Å²) in [6, 6.07) is 14.3. The number of hydrogen-bond donors (Lipinski definition) is 0. The topological polar surface area (TPSA) is 9.23 Å². The Kier molecular flexibility index (Phi) is 4.27. The SMILES string of the molecule is Cc1cc(OCc2ccccc2)cc(C)c1CCl. The van der Waals surface area contributed by atoms with Gasteiger partial charge in [0.25, 0.3) is 0 Å². The van der Waals surface area contributed by atoms with Gasteiger partial charge in [-0.25, -0.2) is 0 Å². The molecule has 0 radical (unpaired) electrons. The van der Waals surface area contributed by atoms with Crippen molar-refractivity contribution in [1.29, 1.82) is 0 Å². The Morgan fingerprint density at radius 3 is 2.17 bits per heavy atom. The predicted molar refractivity (Wildman–Crippen MR) is 76.2 cm³/mol. The lowest BCUT2D eigenvalue weighted by Gasteiger charge is -2.12. The fraction of sp³-hybridized carbons (Fsp3) is 0.250. The van der Waals surface area contributed by atoms with Gasteiger partial charge in [-0.3, -0.25) is 0 Å². The van der Waals surface area contributed by atoms with Crippen LogP contribution in [-0.2, 0) is 12.5 Å². The fourth-order valence-corrected chi connectivity index (χ4v) is 2.41. The van der Waals surface area contributed by atoms with Gasteiger partial charge in [-0.05, 0) is 48.2 Å². The third kappa shape index (κ3) is 3.05. The van der Waals surface area contributed by atoms with E-state index in [1.807, 2.05) is 30.3 Å². The second-order valence-electron chi connectivity index (χ2n) is 4.44. The Bertz CT molecular complexity index is 497. The molecule has 0 unspecified atom stereocenters. The molecule has 0 bridgehead atoms. The molecule has 2 heteroatoms. The Balaban J connectivity index is 2.11. The molecule has 94 valence electrons. The maximum atomic E-state index is 5.92. The van der Waals surface area contributed by atoms with E-state index in [1.54, 1.807) is 0 Å². The van der Waals surface area contributed by atoms with Crippen LogP contribution in [0.2, 0.25) is 0 Å². The van der Waals surface area contributed by atoms with E-state index in [4.69, 9.17) is 16.3 Å². The van der Waals surface area contributed by atoms with Gasteiger partial charge >= 0.3 is 0 Å². The van der Waals surface area contributed by atoms with Gasteiger partial charge in [0, 0.05) is 5.88 Å². The Hall–Kier alpha value is -1.47. The largest absolute Gasteiger partial charge is 0.489 e. The molecule has 2 rings (SSSR count). The number of hydrogen-bond acceptors (Lipinski definition) is 1. The minimum atomic E-state index is 0.552. The monoisotopic (exact) mass is 260 g/mol. The molecule has 0 aliphatic carbocycles. The van der Waals surface area contributed by atoms with Gasteiger partial charge < -0.3 is 4.74 Å².